The van der Waals surface area contributed by atoms with Gasteiger partial charge in [-0.05, 0) is 73.6 Å². The van der Waals surface area contributed by atoms with Gasteiger partial charge in [-0.25, -0.2) is 0 Å². The number of aliphatic hydroxyl groups is 1. The maximum absolute atomic E-state index is 14.7. The molecule has 10 heteroatoms. The van der Waals surface area contributed by atoms with Crippen molar-refractivity contribution in [2.45, 2.75) is 89.9 Å². The Morgan fingerprint density at radius 1 is 0.561 bits per heavy atom. The Labute approximate surface area is 389 Å². The topological polar surface area (TPSA) is 104 Å². The van der Waals surface area contributed by atoms with Crippen molar-refractivity contribution < 1.29 is 19.4 Å². The summed E-state index contributed by atoms with van der Waals surface area (Å²) in [5, 5.41) is 28.5. The number of nitrogens with one attached hydrogen (secondary N) is 3. The molecule has 0 saturated heterocycles. The number of anilines is 3. The second-order valence-corrected chi connectivity index (χ2v) is 17.8. The predicted molar refractivity (Wildman–Crippen MR) is 277 cm³/mol. The van der Waals surface area contributed by atoms with Crippen LogP contribution in [-0.4, -0.2) is 38.1 Å². The largest absolute Gasteiger partial charge is 0.506 e. The highest BCUT2D eigenvalue weighted by Gasteiger charge is 2.40. The minimum absolute atomic E-state index is 0.0304. The molecule has 1 aliphatic carbocycles. The third-order valence-corrected chi connectivity index (χ3v) is 13.2. The van der Waals surface area contributed by atoms with E-state index in [0.717, 1.165) is 99.6 Å². The Bertz CT molecular complexity index is 2930. The normalized spacial score (nSPS) is 14.6. The summed E-state index contributed by atoms with van der Waals surface area (Å²) in [4.78, 5) is 20.0. The van der Waals surface area contributed by atoms with Crippen LogP contribution in [0.1, 0.15) is 95.5 Å². The van der Waals surface area contributed by atoms with Crippen molar-refractivity contribution in [3.63, 3.8) is 0 Å². The second-order valence-electron chi connectivity index (χ2n) is 17.8. The van der Waals surface area contributed by atoms with Crippen LogP contribution in [0.2, 0.25) is 0 Å². The van der Waals surface area contributed by atoms with Crippen LogP contribution < -0.4 is 46.7 Å². The van der Waals surface area contributed by atoms with Gasteiger partial charge in [0.15, 0.2) is 0 Å². The maximum Gasteiger partial charge on any atom is 0.431 e. The lowest BCUT2D eigenvalue weighted by Crippen LogP contribution is -2.49. The number of ketones is 1. The molecule has 66 heavy (non-hydrogen) atoms. The summed E-state index contributed by atoms with van der Waals surface area (Å²) in [6.07, 6.45) is 20.2. The van der Waals surface area contributed by atoms with Crippen LogP contribution in [0.5, 0.6) is 11.5 Å². The van der Waals surface area contributed by atoms with Gasteiger partial charge in [0.1, 0.15) is 17.3 Å². The molecule has 6 aromatic carbocycles. The number of para-hydroxylation sites is 2. The first kappa shape index (κ1) is 44.5. The Morgan fingerprint density at radius 2 is 1.12 bits per heavy atom. The molecule has 334 valence electrons. The van der Waals surface area contributed by atoms with Gasteiger partial charge in [0.25, 0.3) is 0 Å². The highest BCUT2D eigenvalue weighted by atomic mass is 16.5. The third-order valence-electron chi connectivity index (χ3n) is 13.2. The summed E-state index contributed by atoms with van der Waals surface area (Å²) < 4.78 is 12.8. The molecule has 4 N–H and O–H groups in total. The lowest BCUT2D eigenvalue weighted by Gasteiger charge is -2.31. The van der Waals surface area contributed by atoms with Gasteiger partial charge in [-0.1, -0.05) is 148 Å². The van der Waals surface area contributed by atoms with Gasteiger partial charge in [-0.2, -0.15) is 0 Å². The first-order valence-corrected chi connectivity index (χ1v) is 24.2. The lowest BCUT2D eigenvalue weighted by atomic mass is 9.65. The quantitative estimate of drug-likeness (QED) is 0.0289. The second kappa shape index (κ2) is 21.1. The Hall–Kier alpha value is -6.67. The van der Waals surface area contributed by atoms with Crippen molar-refractivity contribution in [2.24, 2.45) is 4.90 Å². The third kappa shape index (κ3) is 9.37. The highest BCUT2D eigenvalue weighted by Crippen LogP contribution is 2.45. The molecule has 8 nitrogen and oxygen atoms in total. The number of Topliss-reactive ketones (excluding diaryl/α,β-unsaturated/α-hetero) is 1. The number of hydrogen-bond acceptors (Lipinski definition) is 8. The maximum atomic E-state index is 14.7. The highest BCUT2D eigenvalue weighted by molar-refractivity contribution is 6.81. The molecule has 0 atom stereocenters. The van der Waals surface area contributed by atoms with Crippen molar-refractivity contribution in [3.05, 3.63) is 156 Å². The van der Waals surface area contributed by atoms with E-state index in [1.54, 1.807) is 0 Å². The molecule has 3 aliphatic rings. The van der Waals surface area contributed by atoms with Crippen LogP contribution in [0.25, 0.3) is 32.7 Å². The summed E-state index contributed by atoms with van der Waals surface area (Å²) >= 11 is 0. The van der Waals surface area contributed by atoms with Crippen molar-refractivity contribution in [1.82, 2.24) is 0 Å². The number of carbonyl (C=O) groups excluding carboxylic acids is 1. The molecule has 6 aromatic rings. The van der Waals surface area contributed by atoms with Crippen LogP contribution >= 0.6 is 0 Å². The smallest absolute Gasteiger partial charge is 0.431 e. The van der Waals surface area contributed by atoms with Crippen LogP contribution in [0, 0.1) is 0 Å². The monoisotopic (exact) mass is 874 g/mol. The fourth-order valence-corrected chi connectivity index (χ4v) is 9.77. The van der Waals surface area contributed by atoms with Crippen molar-refractivity contribution in [2.75, 3.05) is 28.9 Å². The minimum atomic E-state index is -0.465. The molecular formula is C56H60B2N4O4. The average Bonchev–Trinajstić information content (AvgIpc) is 3.34. The number of benzene rings is 6. The number of hydrogen-bond donors (Lipinski definition) is 4. The first-order chi connectivity index (χ1) is 32.6. The minimum Gasteiger partial charge on any atom is -0.506 e. The van der Waals surface area contributed by atoms with Gasteiger partial charge >= 0.3 is 14.0 Å². The standard InChI is InChI=1S/C56H60B2N4O4/c1-3-5-7-9-11-13-15-21-37-65-47-31-19-17-27-43(47)57-59-45-29-23-25-39-33-35-41(53(61-57)49(39)45)51-55(63)52(56(51)64)42-36-34-40-26-24-30-46-50(40)54(42)62-58(60-46)44-28-18-20-32-48(44)66-38-22-16-14-12-10-8-6-4-2/h3-4,17-20,23-36,59-61,63H,1-2,5-16,21-22,37-38H2/b52-42+. The van der Waals surface area contributed by atoms with E-state index in [1.807, 2.05) is 84.9 Å². The predicted octanol–water partition coefficient (Wildman–Crippen LogP) is 11.0. The number of allylic oxidation sites excluding steroid dienone is 4. The Morgan fingerprint density at radius 3 is 1.77 bits per heavy atom. The van der Waals surface area contributed by atoms with E-state index in [2.05, 4.69) is 65.2 Å². The first-order valence-electron chi connectivity index (χ1n) is 24.2. The van der Waals surface area contributed by atoms with E-state index in [4.69, 9.17) is 14.4 Å². The zero-order valence-corrected chi connectivity index (χ0v) is 38.0. The van der Waals surface area contributed by atoms with Gasteiger partial charge in [-0.15, -0.1) is 13.2 Å². The summed E-state index contributed by atoms with van der Waals surface area (Å²) in [7, 11) is 0. The fraction of sp³-hybridized carbons (Fsp3) is 0.286. The molecule has 0 bridgehead atoms. The van der Waals surface area contributed by atoms with E-state index in [-0.39, 0.29) is 24.1 Å². The van der Waals surface area contributed by atoms with E-state index < -0.39 is 6.98 Å². The molecule has 2 heterocycles. The molecule has 0 fully saturated rings. The number of nitrogens with zero attached hydrogens (tertiary/aromatic N) is 1. The van der Waals surface area contributed by atoms with E-state index in [1.165, 1.54) is 51.4 Å². The van der Waals surface area contributed by atoms with Crippen molar-refractivity contribution in [3.8, 4) is 11.5 Å². The SMILES string of the molecule is C=CCCCCCCCCOc1ccccc1B1N=c2/c(=C3/C(=O)C(c4ccc5cccc6c5c4NB(c4ccccc4OCCCCCCCCC=C)N6)=C3O)ccc3cccc(c23)N1. The van der Waals surface area contributed by atoms with E-state index in [0.29, 0.717) is 34.9 Å². The van der Waals surface area contributed by atoms with Crippen molar-refractivity contribution >= 4 is 80.4 Å². The molecule has 0 aromatic heterocycles. The average molecular weight is 875 g/mol. The van der Waals surface area contributed by atoms with Gasteiger partial charge in [0, 0.05) is 49.5 Å². The van der Waals surface area contributed by atoms with Crippen LogP contribution in [0.3, 0.4) is 0 Å². The molecule has 0 amide bonds. The van der Waals surface area contributed by atoms with Gasteiger partial charge in [-0.3, -0.25) is 4.79 Å². The van der Waals surface area contributed by atoms with E-state index >= 15 is 0 Å². The zero-order chi connectivity index (χ0) is 45.2. The van der Waals surface area contributed by atoms with Crippen LogP contribution in [0.15, 0.2) is 145 Å². The molecule has 0 spiro atoms. The molecule has 0 unspecified atom stereocenters. The Balaban J connectivity index is 1.00. The number of rotatable bonds is 23. The molecule has 2 aliphatic heterocycles. The molecule has 0 saturated carbocycles. The van der Waals surface area contributed by atoms with E-state index in [9.17, 15) is 9.90 Å². The van der Waals surface area contributed by atoms with Gasteiger partial charge in [0.05, 0.1) is 29.7 Å². The summed E-state index contributed by atoms with van der Waals surface area (Å²) in [6.45, 7) is 8.12. The molecule has 9 rings (SSSR count). The summed E-state index contributed by atoms with van der Waals surface area (Å²) in [6, 6.07) is 36.4. The van der Waals surface area contributed by atoms with Gasteiger partial charge in [0.2, 0.25) is 5.78 Å². The lowest BCUT2D eigenvalue weighted by molar-refractivity contribution is -0.109. The summed E-state index contributed by atoms with van der Waals surface area (Å²) in [5.41, 5.74) is 5.77. The van der Waals surface area contributed by atoms with Crippen molar-refractivity contribution in [1.29, 1.82) is 0 Å². The van der Waals surface area contributed by atoms with Crippen LogP contribution in [-0.2, 0) is 4.79 Å². The summed E-state index contributed by atoms with van der Waals surface area (Å²) in [5.74, 6) is 1.35. The number of aliphatic hydroxyl groups excluding tert-OH is 1. The number of unbranched alkanes of at least 4 members (excludes halogenated alkanes) is 12. The Kier molecular flexibility index (Phi) is 14.2. The zero-order valence-electron chi connectivity index (χ0n) is 38.0. The van der Waals surface area contributed by atoms with Gasteiger partial charge < -0.3 is 35.2 Å². The molecule has 0 radical (unpaired) electrons. The fourth-order valence-electron chi connectivity index (χ4n) is 9.77. The molecular weight excluding hydrogens is 814 g/mol. The number of carbonyl (C=O) groups is 1. The van der Waals surface area contributed by atoms with Crippen LogP contribution in [0.4, 0.5) is 17.1 Å². The number of ether oxygens (including phenoxy) is 2.